The molecule has 0 bridgehead atoms. The average Bonchev–Trinajstić information content (AvgIpc) is 3.18. The molecule has 6 nitrogen and oxygen atoms in total. The highest BCUT2D eigenvalue weighted by Crippen LogP contribution is 2.36. The predicted molar refractivity (Wildman–Crippen MR) is 122 cm³/mol. The van der Waals surface area contributed by atoms with Gasteiger partial charge < -0.3 is 14.4 Å². The normalized spacial score (nSPS) is 11.1. The second kappa shape index (κ2) is 10.4. The summed E-state index contributed by atoms with van der Waals surface area (Å²) >= 11 is 1.54. The molecular formula is C23H30N3O3S+. The average molecular weight is 429 g/mol. The Morgan fingerprint density at radius 2 is 1.93 bits per heavy atom. The first-order valence-corrected chi connectivity index (χ1v) is 11.0. The monoisotopic (exact) mass is 428 g/mol. The number of nitrogens with one attached hydrogen (secondary N) is 1. The highest BCUT2D eigenvalue weighted by Gasteiger charge is 2.21. The molecule has 1 heterocycles. The topological polar surface area (TPSA) is 56.1 Å². The molecule has 30 heavy (non-hydrogen) atoms. The molecular weight excluding hydrogens is 398 g/mol. The van der Waals surface area contributed by atoms with Crippen LogP contribution in [0.4, 0.5) is 5.13 Å². The first-order valence-electron chi connectivity index (χ1n) is 10.2. The molecule has 0 spiro atoms. The number of carbonyl (C=O) groups excluding carboxylic acids is 1. The van der Waals surface area contributed by atoms with Gasteiger partial charge >= 0.3 is 0 Å². The summed E-state index contributed by atoms with van der Waals surface area (Å²) in [5, 5.41) is 0.719. The van der Waals surface area contributed by atoms with Gasteiger partial charge in [0, 0.05) is 13.0 Å². The van der Waals surface area contributed by atoms with E-state index in [0.29, 0.717) is 19.6 Å². The lowest BCUT2D eigenvalue weighted by Gasteiger charge is -2.20. The zero-order valence-corrected chi connectivity index (χ0v) is 18.9. The molecule has 0 fully saturated rings. The number of thiazole rings is 1. The van der Waals surface area contributed by atoms with Gasteiger partial charge in [0.05, 0.1) is 45.5 Å². The van der Waals surface area contributed by atoms with Crippen molar-refractivity contribution in [3.8, 4) is 11.5 Å². The smallest absolute Gasteiger partial charge is 0.232 e. The van der Waals surface area contributed by atoms with Crippen LogP contribution in [0.3, 0.4) is 0 Å². The molecule has 0 atom stereocenters. The van der Waals surface area contributed by atoms with Crippen molar-refractivity contribution < 1.29 is 19.2 Å². The van der Waals surface area contributed by atoms with Gasteiger partial charge in [-0.25, -0.2) is 4.98 Å². The number of methoxy groups -OCH3 is 1. The summed E-state index contributed by atoms with van der Waals surface area (Å²) in [6, 6.07) is 13.5. The summed E-state index contributed by atoms with van der Waals surface area (Å²) in [4.78, 5) is 21.0. The Morgan fingerprint density at radius 1 is 1.17 bits per heavy atom. The van der Waals surface area contributed by atoms with Crippen LogP contribution in [-0.2, 0) is 4.79 Å². The number of carbonyl (C=O) groups is 1. The maximum absolute atomic E-state index is 13.1. The lowest BCUT2D eigenvalue weighted by Crippen LogP contribution is -3.05. The lowest BCUT2D eigenvalue weighted by atomic mass is 10.2. The first-order chi connectivity index (χ1) is 14.5. The van der Waals surface area contributed by atoms with E-state index in [1.807, 2.05) is 42.5 Å². The van der Waals surface area contributed by atoms with Crippen LogP contribution in [0.5, 0.6) is 11.5 Å². The highest BCUT2D eigenvalue weighted by atomic mass is 32.1. The minimum absolute atomic E-state index is 0.0235. The molecule has 3 rings (SSSR count). The molecule has 1 amide bonds. The van der Waals surface area contributed by atoms with E-state index in [4.69, 9.17) is 14.5 Å². The van der Waals surface area contributed by atoms with E-state index in [0.717, 1.165) is 45.4 Å². The van der Waals surface area contributed by atoms with Gasteiger partial charge in [-0.1, -0.05) is 35.6 Å². The maximum Gasteiger partial charge on any atom is 0.232 e. The van der Waals surface area contributed by atoms with Crippen LogP contribution in [-0.4, -0.2) is 51.8 Å². The lowest BCUT2D eigenvalue weighted by molar-refractivity contribution is -0.858. The van der Waals surface area contributed by atoms with E-state index >= 15 is 0 Å². The molecule has 0 saturated carbocycles. The molecule has 7 heteroatoms. The predicted octanol–water partition coefficient (Wildman–Crippen LogP) is 2.95. The Labute approximate surface area is 182 Å². The third kappa shape index (κ3) is 5.49. The number of rotatable bonds is 10. The van der Waals surface area contributed by atoms with Crippen LogP contribution >= 0.6 is 11.3 Å². The second-order valence-corrected chi connectivity index (χ2v) is 8.50. The van der Waals surface area contributed by atoms with E-state index in [1.165, 1.54) is 4.90 Å². The summed E-state index contributed by atoms with van der Waals surface area (Å²) in [5.74, 6) is 1.53. The maximum atomic E-state index is 13.1. The molecule has 0 aliphatic heterocycles. The molecule has 1 N–H and O–H groups in total. The third-order valence-electron chi connectivity index (χ3n) is 4.83. The van der Waals surface area contributed by atoms with Crippen molar-refractivity contribution in [1.82, 2.24) is 4.98 Å². The molecule has 0 aliphatic rings. The number of nitrogens with zero attached hydrogens (tertiary/aromatic N) is 2. The molecule has 0 saturated heterocycles. The van der Waals surface area contributed by atoms with E-state index < -0.39 is 0 Å². The van der Waals surface area contributed by atoms with Crippen LogP contribution in [0, 0.1) is 6.92 Å². The molecule has 0 aliphatic carbocycles. The summed E-state index contributed by atoms with van der Waals surface area (Å²) in [7, 11) is 5.88. The number of amides is 1. The Bertz CT molecular complexity index is 972. The SMILES string of the molecule is COc1ccc(C)c2sc(N(CCC[NH+](C)C)C(=O)CCOc3ccccc3)nc12. The van der Waals surface area contributed by atoms with Crippen molar-refractivity contribution in [3.63, 3.8) is 0 Å². The molecule has 2 aromatic carbocycles. The van der Waals surface area contributed by atoms with E-state index in [2.05, 4.69) is 21.0 Å². The Balaban J connectivity index is 1.78. The number of para-hydroxylation sites is 1. The number of benzene rings is 2. The fourth-order valence-corrected chi connectivity index (χ4v) is 4.30. The first kappa shape index (κ1) is 22.1. The summed E-state index contributed by atoms with van der Waals surface area (Å²) in [6.07, 6.45) is 1.20. The Kier molecular flexibility index (Phi) is 7.65. The molecule has 160 valence electrons. The van der Waals surface area contributed by atoms with Crippen molar-refractivity contribution in [3.05, 3.63) is 48.0 Å². The zero-order chi connectivity index (χ0) is 21.5. The van der Waals surface area contributed by atoms with Crippen molar-refractivity contribution in [2.24, 2.45) is 0 Å². The molecule has 1 aromatic heterocycles. The van der Waals surface area contributed by atoms with Crippen LogP contribution < -0.4 is 19.3 Å². The number of ether oxygens (including phenoxy) is 2. The van der Waals surface area contributed by atoms with Crippen molar-refractivity contribution in [1.29, 1.82) is 0 Å². The van der Waals surface area contributed by atoms with E-state index in [1.54, 1.807) is 23.3 Å². The van der Waals surface area contributed by atoms with Crippen LogP contribution in [0.25, 0.3) is 10.2 Å². The molecule has 0 unspecified atom stereocenters. The fourth-order valence-electron chi connectivity index (χ4n) is 3.20. The Morgan fingerprint density at radius 3 is 2.63 bits per heavy atom. The van der Waals surface area contributed by atoms with Gasteiger partial charge in [0.15, 0.2) is 5.13 Å². The van der Waals surface area contributed by atoms with Gasteiger partial charge in [0.2, 0.25) is 5.91 Å². The van der Waals surface area contributed by atoms with Gasteiger partial charge in [-0.2, -0.15) is 0 Å². The van der Waals surface area contributed by atoms with Crippen LogP contribution in [0.15, 0.2) is 42.5 Å². The van der Waals surface area contributed by atoms with Gasteiger partial charge in [0.25, 0.3) is 0 Å². The number of quaternary nitrogens is 1. The van der Waals surface area contributed by atoms with Gasteiger partial charge in [-0.3, -0.25) is 9.69 Å². The fraction of sp³-hybridized carbons (Fsp3) is 0.391. The summed E-state index contributed by atoms with van der Waals surface area (Å²) in [6.45, 7) is 4.01. The third-order valence-corrected chi connectivity index (χ3v) is 6.04. The Hall–Kier alpha value is -2.64. The minimum atomic E-state index is 0.0235. The van der Waals surface area contributed by atoms with Crippen molar-refractivity contribution in [2.45, 2.75) is 19.8 Å². The number of hydrogen-bond acceptors (Lipinski definition) is 5. The van der Waals surface area contributed by atoms with Crippen LogP contribution in [0.2, 0.25) is 0 Å². The molecule has 3 aromatic rings. The number of hydrogen-bond donors (Lipinski definition) is 1. The molecule has 0 radical (unpaired) electrons. The van der Waals surface area contributed by atoms with Gasteiger partial charge in [0.1, 0.15) is 17.0 Å². The quantitative estimate of drug-likeness (QED) is 0.540. The minimum Gasteiger partial charge on any atom is -0.494 e. The second-order valence-electron chi connectivity index (χ2n) is 7.53. The summed E-state index contributed by atoms with van der Waals surface area (Å²) in [5.41, 5.74) is 1.95. The number of anilines is 1. The standard InChI is InChI=1S/C23H29N3O3S/c1-17-11-12-19(28-4)21-22(17)30-23(24-21)26(15-8-14-25(2)3)20(27)13-16-29-18-9-6-5-7-10-18/h5-7,9-12H,8,13-16H2,1-4H3/p+1. The summed E-state index contributed by atoms with van der Waals surface area (Å²) < 4.78 is 12.3. The van der Waals surface area contributed by atoms with E-state index in [-0.39, 0.29) is 5.91 Å². The van der Waals surface area contributed by atoms with Gasteiger partial charge in [-0.15, -0.1) is 0 Å². The van der Waals surface area contributed by atoms with Crippen molar-refractivity contribution >= 4 is 32.6 Å². The highest BCUT2D eigenvalue weighted by molar-refractivity contribution is 7.22. The number of aryl methyl sites for hydroxylation is 1. The van der Waals surface area contributed by atoms with Gasteiger partial charge in [-0.05, 0) is 30.7 Å². The largest absolute Gasteiger partial charge is 0.494 e. The zero-order valence-electron chi connectivity index (χ0n) is 18.1. The number of fused-ring (bicyclic) bond motifs is 1. The number of aromatic nitrogens is 1. The van der Waals surface area contributed by atoms with Crippen molar-refractivity contribution in [2.75, 3.05) is 45.8 Å². The van der Waals surface area contributed by atoms with Crippen LogP contribution in [0.1, 0.15) is 18.4 Å². The van der Waals surface area contributed by atoms with E-state index in [9.17, 15) is 4.79 Å².